The zero-order valence-corrected chi connectivity index (χ0v) is 11.6. The molecule has 1 aliphatic rings. The second-order valence-corrected chi connectivity index (χ2v) is 4.39. The molecule has 2 nitrogen and oxygen atoms in total. The lowest BCUT2D eigenvalue weighted by molar-refractivity contribution is 0.205. The third kappa shape index (κ3) is 5.06. The van der Waals surface area contributed by atoms with Crippen LogP contribution in [0.25, 0.3) is 0 Å². The first-order chi connectivity index (χ1) is 7.63. The Kier molecular flexibility index (Phi) is 7.71. The van der Waals surface area contributed by atoms with Crippen molar-refractivity contribution in [3.05, 3.63) is 35.4 Å². The molecule has 1 saturated heterocycles. The average molecular weight is 299 g/mol. The predicted molar refractivity (Wildman–Crippen MR) is 73.3 cm³/mol. The minimum absolute atomic E-state index is 0. The number of nitrogens with two attached hydrogens (primary N) is 1. The third-order valence-electron chi connectivity index (χ3n) is 2.96. The van der Waals surface area contributed by atoms with Crippen LogP contribution in [0.1, 0.15) is 18.4 Å². The van der Waals surface area contributed by atoms with Crippen molar-refractivity contribution in [3.8, 4) is 0 Å². The molecule has 104 valence electrons. The second-order valence-electron chi connectivity index (χ2n) is 4.39. The molecule has 0 radical (unpaired) electrons. The molecule has 18 heavy (non-hydrogen) atoms. The van der Waals surface area contributed by atoms with Crippen LogP contribution in [0.3, 0.4) is 0 Å². The number of rotatable bonds is 2. The first-order valence-corrected chi connectivity index (χ1v) is 5.56. The highest BCUT2D eigenvalue weighted by Crippen LogP contribution is 2.14. The largest absolute Gasteiger partial charge is 0.328 e. The molecule has 0 saturated carbocycles. The molecule has 0 amide bonds. The van der Waals surface area contributed by atoms with Gasteiger partial charge in [0, 0.05) is 18.7 Å². The van der Waals surface area contributed by atoms with E-state index in [-0.39, 0.29) is 30.9 Å². The molecule has 2 rings (SSSR count). The molecular weight excluding hydrogens is 281 g/mol. The van der Waals surface area contributed by atoms with Gasteiger partial charge in [0.05, 0.1) is 0 Å². The van der Waals surface area contributed by atoms with E-state index in [0.29, 0.717) is 12.1 Å². The summed E-state index contributed by atoms with van der Waals surface area (Å²) in [4.78, 5) is 2.18. The van der Waals surface area contributed by atoms with Crippen LogP contribution in [0.4, 0.5) is 8.78 Å². The Morgan fingerprint density at radius 3 is 2.06 bits per heavy atom. The van der Waals surface area contributed by atoms with Gasteiger partial charge in [0.15, 0.2) is 0 Å². The normalized spacial score (nSPS) is 16.8. The number of nitrogens with zero attached hydrogens (tertiary/aromatic N) is 1. The summed E-state index contributed by atoms with van der Waals surface area (Å²) in [5.74, 6) is -1.02. The lowest BCUT2D eigenvalue weighted by Gasteiger charge is -2.30. The Morgan fingerprint density at radius 2 is 1.56 bits per heavy atom. The van der Waals surface area contributed by atoms with Gasteiger partial charge in [-0.15, -0.1) is 24.8 Å². The van der Waals surface area contributed by atoms with Crippen molar-refractivity contribution in [1.82, 2.24) is 4.90 Å². The Balaban J connectivity index is 0.00000144. The minimum atomic E-state index is -0.510. The fourth-order valence-electron chi connectivity index (χ4n) is 2.07. The van der Waals surface area contributed by atoms with Gasteiger partial charge in [0.2, 0.25) is 0 Å². The third-order valence-corrected chi connectivity index (χ3v) is 2.96. The smallest absolute Gasteiger partial charge is 0.126 e. The quantitative estimate of drug-likeness (QED) is 0.910. The second kappa shape index (κ2) is 7.89. The van der Waals surface area contributed by atoms with E-state index >= 15 is 0 Å². The highest BCUT2D eigenvalue weighted by molar-refractivity contribution is 5.85. The number of piperidine rings is 1. The van der Waals surface area contributed by atoms with Gasteiger partial charge in [-0.1, -0.05) is 0 Å². The summed E-state index contributed by atoms with van der Waals surface area (Å²) in [5.41, 5.74) is 6.48. The summed E-state index contributed by atoms with van der Waals surface area (Å²) in [6, 6.07) is 3.95. The van der Waals surface area contributed by atoms with Crippen LogP contribution in [0, 0.1) is 11.6 Å². The van der Waals surface area contributed by atoms with Crippen molar-refractivity contribution in [3.63, 3.8) is 0 Å². The molecule has 0 aromatic heterocycles. The van der Waals surface area contributed by atoms with Crippen molar-refractivity contribution in [2.24, 2.45) is 5.73 Å². The number of hydrogen-bond donors (Lipinski definition) is 1. The van der Waals surface area contributed by atoms with E-state index in [1.165, 1.54) is 12.1 Å². The molecule has 0 spiro atoms. The first-order valence-electron chi connectivity index (χ1n) is 5.56. The zero-order chi connectivity index (χ0) is 11.5. The van der Waals surface area contributed by atoms with Crippen LogP contribution in [0.2, 0.25) is 0 Å². The molecular formula is C12H18Cl2F2N2. The van der Waals surface area contributed by atoms with Crippen LogP contribution in [-0.4, -0.2) is 24.0 Å². The maximum absolute atomic E-state index is 13.0. The molecule has 1 aromatic rings. The van der Waals surface area contributed by atoms with Crippen molar-refractivity contribution in [1.29, 1.82) is 0 Å². The van der Waals surface area contributed by atoms with Gasteiger partial charge in [-0.2, -0.15) is 0 Å². The first kappa shape index (κ1) is 17.6. The number of benzene rings is 1. The molecule has 1 fully saturated rings. The lowest BCUT2D eigenvalue weighted by atomic mass is 10.1. The van der Waals surface area contributed by atoms with E-state index < -0.39 is 11.6 Å². The maximum Gasteiger partial charge on any atom is 0.126 e. The Labute approximate surface area is 118 Å². The zero-order valence-electron chi connectivity index (χ0n) is 9.94. The predicted octanol–water partition coefficient (Wildman–Crippen LogP) is 2.73. The summed E-state index contributed by atoms with van der Waals surface area (Å²) < 4.78 is 25.9. The molecule has 2 N–H and O–H groups in total. The van der Waals surface area contributed by atoms with Crippen LogP contribution in [-0.2, 0) is 6.54 Å². The molecule has 1 aliphatic heterocycles. The molecule has 1 heterocycles. The summed E-state index contributed by atoms with van der Waals surface area (Å²) in [5, 5.41) is 0. The molecule has 6 heteroatoms. The molecule has 0 bridgehead atoms. The number of hydrogen-bond acceptors (Lipinski definition) is 2. The van der Waals surface area contributed by atoms with Crippen LogP contribution in [0.15, 0.2) is 18.2 Å². The highest BCUT2D eigenvalue weighted by Gasteiger charge is 2.16. The minimum Gasteiger partial charge on any atom is -0.328 e. The van der Waals surface area contributed by atoms with E-state index in [4.69, 9.17) is 5.73 Å². The Bertz CT molecular complexity index is 349. The standard InChI is InChI=1S/C12H16F2N2.2ClH/c13-10-5-9(6-11(14)7-10)8-16-3-1-12(15)2-4-16;;/h5-7,12H,1-4,8,15H2;2*1H. The van der Waals surface area contributed by atoms with E-state index in [1.807, 2.05) is 0 Å². The van der Waals surface area contributed by atoms with Gasteiger partial charge in [0.1, 0.15) is 11.6 Å². The summed E-state index contributed by atoms with van der Waals surface area (Å²) >= 11 is 0. The summed E-state index contributed by atoms with van der Waals surface area (Å²) in [6.45, 7) is 2.40. The molecule has 0 aliphatic carbocycles. The maximum atomic E-state index is 13.0. The SMILES string of the molecule is Cl.Cl.NC1CCN(Cc2cc(F)cc(F)c2)CC1. The molecule has 0 unspecified atom stereocenters. The van der Waals surface area contributed by atoms with Gasteiger partial charge in [-0.3, -0.25) is 4.90 Å². The Morgan fingerprint density at radius 1 is 1.06 bits per heavy atom. The van der Waals surface area contributed by atoms with Crippen molar-refractivity contribution < 1.29 is 8.78 Å². The highest BCUT2D eigenvalue weighted by atomic mass is 35.5. The Hall–Kier alpha value is -0.420. The van der Waals surface area contributed by atoms with Gasteiger partial charge in [0.25, 0.3) is 0 Å². The average Bonchev–Trinajstić information content (AvgIpc) is 2.20. The van der Waals surface area contributed by atoms with Crippen LogP contribution < -0.4 is 5.73 Å². The van der Waals surface area contributed by atoms with Crippen LogP contribution in [0.5, 0.6) is 0 Å². The van der Waals surface area contributed by atoms with Gasteiger partial charge in [-0.25, -0.2) is 8.78 Å². The fraction of sp³-hybridized carbons (Fsp3) is 0.500. The van der Waals surface area contributed by atoms with E-state index in [1.54, 1.807) is 0 Å². The summed E-state index contributed by atoms with van der Waals surface area (Å²) in [6.07, 6.45) is 1.91. The van der Waals surface area contributed by atoms with E-state index in [0.717, 1.165) is 32.0 Å². The van der Waals surface area contributed by atoms with E-state index in [9.17, 15) is 8.78 Å². The van der Waals surface area contributed by atoms with Crippen molar-refractivity contribution in [2.75, 3.05) is 13.1 Å². The fourth-order valence-corrected chi connectivity index (χ4v) is 2.07. The number of likely N-dealkylation sites (tertiary alicyclic amines) is 1. The molecule has 0 atom stereocenters. The monoisotopic (exact) mass is 298 g/mol. The summed E-state index contributed by atoms with van der Waals surface area (Å²) in [7, 11) is 0. The van der Waals surface area contributed by atoms with Gasteiger partial charge < -0.3 is 5.73 Å². The van der Waals surface area contributed by atoms with Crippen molar-refractivity contribution in [2.45, 2.75) is 25.4 Å². The molecule has 1 aromatic carbocycles. The lowest BCUT2D eigenvalue weighted by Crippen LogP contribution is -2.39. The van der Waals surface area contributed by atoms with Crippen molar-refractivity contribution >= 4 is 24.8 Å². The van der Waals surface area contributed by atoms with E-state index in [2.05, 4.69) is 4.90 Å². The topological polar surface area (TPSA) is 29.3 Å². The van der Waals surface area contributed by atoms with Crippen LogP contribution >= 0.6 is 24.8 Å². The number of halogens is 4. The van der Waals surface area contributed by atoms with Gasteiger partial charge >= 0.3 is 0 Å². The van der Waals surface area contributed by atoms with Gasteiger partial charge in [-0.05, 0) is 43.6 Å².